The van der Waals surface area contributed by atoms with Gasteiger partial charge >= 0.3 is 0 Å². The third kappa shape index (κ3) is 1.61. The van der Waals surface area contributed by atoms with Crippen LogP contribution in [-0.2, 0) is 0 Å². The molecule has 0 saturated heterocycles. The van der Waals surface area contributed by atoms with Crippen LogP contribution < -0.4 is 0 Å². The first kappa shape index (κ1) is 12.7. The van der Waals surface area contributed by atoms with Crippen LogP contribution >= 0.6 is 0 Å². The lowest BCUT2D eigenvalue weighted by atomic mass is 9.90. The highest BCUT2D eigenvalue weighted by Crippen LogP contribution is 2.35. The third-order valence-electron chi connectivity index (χ3n) is 4.05. The Kier molecular flexibility index (Phi) is 2.60. The molecule has 0 spiro atoms. The second-order valence-electron chi connectivity index (χ2n) is 5.27. The Bertz CT molecular complexity index is 910. The number of pyridine rings is 1. The van der Waals surface area contributed by atoms with Crippen LogP contribution in [0, 0.1) is 0 Å². The van der Waals surface area contributed by atoms with Gasteiger partial charge in [-0.1, -0.05) is 24.3 Å². The first-order chi connectivity index (χ1) is 10.7. The number of nitrogens with zero attached hydrogens (tertiary/aromatic N) is 2. The zero-order valence-electron chi connectivity index (χ0n) is 11.9. The van der Waals surface area contributed by atoms with E-state index in [1.54, 1.807) is 18.3 Å². The lowest BCUT2D eigenvalue weighted by Crippen LogP contribution is -2.36. The van der Waals surface area contributed by atoms with Crippen LogP contribution in [0.3, 0.4) is 0 Å². The molecule has 0 aliphatic carbocycles. The zero-order valence-corrected chi connectivity index (χ0v) is 11.9. The molecule has 0 bridgehead atoms. The lowest BCUT2D eigenvalue weighted by Gasteiger charge is -2.24. The average molecular weight is 288 g/mol. The fourth-order valence-corrected chi connectivity index (χ4v) is 2.96. The van der Waals surface area contributed by atoms with Gasteiger partial charge in [0.25, 0.3) is 11.8 Å². The van der Waals surface area contributed by atoms with E-state index in [0.717, 1.165) is 26.9 Å². The van der Waals surface area contributed by atoms with Gasteiger partial charge in [-0.15, -0.1) is 0 Å². The first-order valence-electron chi connectivity index (χ1n) is 6.98. The molecule has 2 aromatic carbocycles. The summed E-state index contributed by atoms with van der Waals surface area (Å²) in [5.74, 6) is -0.525. The van der Waals surface area contributed by atoms with Gasteiger partial charge in [0.2, 0.25) is 0 Å². The Morgan fingerprint density at radius 3 is 2.27 bits per heavy atom. The fraction of sp³-hybridized carbons (Fsp3) is 0.0556. The van der Waals surface area contributed by atoms with Crippen LogP contribution in [0.15, 0.2) is 54.7 Å². The second kappa shape index (κ2) is 4.49. The van der Waals surface area contributed by atoms with E-state index in [0.29, 0.717) is 11.1 Å². The average Bonchev–Trinajstić information content (AvgIpc) is 2.58. The number of hydrogen-bond donors (Lipinski definition) is 0. The number of rotatable bonds is 1. The van der Waals surface area contributed by atoms with Gasteiger partial charge in [0, 0.05) is 35.3 Å². The molecule has 1 aliphatic rings. The molecule has 0 N–H and O–H groups in total. The van der Waals surface area contributed by atoms with Gasteiger partial charge in [-0.3, -0.25) is 19.5 Å². The van der Waals surface area contributed by atoms with Crippen molar-refractivity contribution >= 4 is 22.6 Å². The molecule has 4 nitrogen and oxygen atoms in total. The summed E-state index contributed by atoms with van der Waals surface area (Å²) in [4.78, 5) is 30.2. The topological polar surface area (TPSA) is 50.3 Å². The summed E-state index contributed by atoms with van der Waals surface area (Å²) in [6.07, 6.45) is 1.73. The molecule has 4 rings (SSSR count). The zero-order chi connectivity index (χ0) is 15.3. The molecule has 0 fully saturated rings. The molecule has 2 amide bonds. The number of carbonyl (C=O) groups is 2. The highest BCUT2D eigenvalue weighted by atomic mass is 16.2. The minimum atomic E-state index is -0.263. The van der Waals surface area contributed by atoms with Crippen molar-refractivity contribution in [1.82, 2.24) is 9.88 Å². The second-order valence-corrected chi connectivity index (χ2v) is 5.27. The van der Waals surface area contributed by atoms with E-state index in [9.17, 15) is 9.59 Å². The van der Waals surface area contributed by atoms with E-state index in [1.807, 2.05) is 36.4 Å². The summed E-state index contributed by atoms with van der Waals surface area (Å²) in [7, 11) is 1.51. The Labute approximate surface area is 127 Å². The largest absolute Gasteiger partial charge is 0.277 e. The van der Waals surface area contributed by atoms with Crippen LogP contribution in [-0.4, -0.2) is 28.7 Å². The summed E-state index contributed by atoms with van der Waals surface area (Å²) in [6, 6.07) is 14.9. The summed E-state index contributed by atoms with van der Waals surface area (Å²) in [5, 5.41) is 1.60. The van der Waals surface area contributed by atoms with E-state index in [1.165, 1.54) is 7.05 Å². The van der Waals surface area contributed by atoms with E-state index < -0.39 is 0 Å². The Balaban J connectivity index is 2.12. The lowest BCUT2D eigenvalue weighted by molar-refractivity contribution is 0.0651. The van der Waals surface area contributed by atoms with Gasteiger partial charge < -0.3 is 0 Å². The van der Waals surface area contributed by atoms with E-state index in [-0.39, 0.29) is 11.8 Å². The van der Waals surface area contributed by atoms with Gasteiger partial charge in [-0.05, 0) is 29.7 Å². The number of amides is 2. The van der Waals surface area contributed by atoms with Crippen LogP contribution in [0.2, 0.25) is 0 Å². The number of carbonyl (C=O) groups excluding carboxylic acids is 2. The first-order valence-corrected chi connectivity index (χ1v) is 6.98. The molecule has 1 aliphatic heterocycles. The van der Waals surface area contributed by atoms with Crippen molar-refractivity contribution in [2.24, 2.45) is 0 Å². The van der Waals surface area contributed by atoms with Gasteiger partial charge in [-0.2, -0.15) is 0 Å². The molecule has 4 heteroatoms. The number of aromatic nitrogens is 1. The summed E-state index contributed by atoms with van der Waals surface area (Å²) in [6.45, 7) is 0. The van der Waals surface area contributed by atoms with Gasteiger partial charge in [0.15, 0.2) is 0 Å². The summed E-state index contributed by atoms with van der Waals surface area (Å²) < 4.78 is 0. The molecule has 106 valence electrons. The number of benzene rings is 2. The van der Waals surface area contributed by atoms with Crippen molar-refractivity contribution in [1.29, 1.82) is 0 Å². The minimum absolute atomic E-state index is 0.263. The number of hydrogen-bond acceptors (Lipinski definition) is 3. The van der Waals surface area contributed by atoms with Gasteiger partial charge in [0.05, 0.1) is 5.69 Å². The SMILES string of the molecule is CN1C(=O)c2cccc3c(-c4ccccn4)ccc(c23)C1=O. The molecule has 0 radical (unpaired) electrons. The number of imide groups is 1. The van der Waals surface area contributed by atoms with E-state index in [4.69, 9.17) is 0 Å². The van der Waals surface area contributed by atoms with Crippen molar-refractivity contribution in [2.75, 3.05) is 7.05 Å². The molecule has 0 atom stereocenters. The molecule has 0 saturated carbocycles. The molecular weight excluding hydrogens is 276 g/mol. The quantitative estimate of drug-likeness (QED) is 0.646. The van der Waals surface area contributed by atoms with Gasteiger partial charge in [-0.25, -0.2) is 0 Å². The monoisotopic (exact) mass is 288 g/mol. The van der Waals surface area contributed by atoms with Crippen molar-refractivity contribution in [3.8, 4) is 11.3 Å². The van der Waals surface area contributed by atoms with Crippen molar-refractivity contribution in [2.45, 2.75) is 0 Å². The Morgan fingerprint density at radius 1 is 0.818 bits per heavy atom. The maximum atomic E-state index is 12.4. The maximum absolute atomic E-state index is 12.4. The Morgan fingerprint density at radius 2 is 1.55 bits per heavy atom. The summed E-state index contributed by atoms with van der Waals surface area (Å²) >= 11 is 0. The smallest absolute Gasteiger partial charge is 0.261 e. The van der Waals surface area contributed by atoms with Gasteiger partial charge in [0.1, 0.15) is 0 Å². The molecule has 0 unspecified atom stereocenters. The van der Waals surface area contributed by atoms with Crippen LogP contribution in [0.25, 0.3) is 22.0 Å². The van der Waals surface area contributed by atoms with Crippen molar-refractivity contribution in [3.05, 3.63) is 65.9 Å². The molecule has 22 heavy (non-hydrogen) atoms. The third-order valence-corrected chi connectivity index (χ3v) is 4.05. The highest BCUT2D eigenvalue weighted by Gasteiger charge is 2.30. The minimum Gasteiger partial charge on any atom is -0.277 e. The maximum Gasteiger partial charge on any atom is 0.261 e. The molecular formula is C18H12N2O2. The van der Waals surface area contributed by atoms with Crippen molar-refractivity contribution in [3.63, 3.8) is 0 Å². The predicted octanol–water partition coefficient (Wildman–Crippen LogP) is 3.13. The van der Waals surface area contributed by atoms with E-state index in [2.05, 4.69) is 4.98 Å². The predicted molar refractivity (Wildman–Crippen MR) is 83.6 cm³/mol. The molecule has 2 heterocycles. The highest BCUT2D eigenvalue weighted by molar-refractivity contribution is 6.26. The van der Waals surface area contributed by atoms with Crippen LogP contribution in [0.5, 0.6) is 0 Å². The van der Waals surface area contributed by atoms with Crippen molar-refractivity contribution < 1.29 is 9.59 Å². The van der Waals surface area contributed by atoms with E-state index >= 15 is 0 Å². The normalized spacial score (nSPS) is 13.8. The fourth-order valence-electron chi connectivity index (χ4n) is 2.96. The van der Waals surface area contributed by atoms with Crippen LogP contribution in [0.4, 0.5) is 0 Å². The standard InChI is InChI=1S/C18H12N2O2/c1-20-17(21)13-6-4-5-12-11(15-7-2-3-10-19-15)8-9-14(16(12)13)18(20)22/h2-10H,1H3. The summed E-state index contributed by atoms with van der Waals surface area (Å²) in [5.41, 5.74) is 2.87. The molecule has 1 aromatic heterocycles. The van der Waals surface area contributed by atoms with Crippen LogP contribution in [0.1, 0.15) is 20.7 Å². The Hall–Kier alpha value is -3.01. The molecule has 3 aromatic rings.